The third-order valence-corrected chi connectivity index (χ3v) is 2.88. The van der Waals surface area contributed by atoms with E-state index in [-0.39, 0.29) is 12.5 Å². The zero-order chi connectivity index (χ0) is 13.5. The molecule has 5 heteroatoms. The molecular formula is C13H16ClN3O. The Bertz CT molecular complexity index is 464. The molecule has 0 aliphatic rings. The van der Waals surface area contributed by atoms with Crippen LogP contribution in [0.2, 0.25) is 5.02 Å². The molecule has 0 atom stereocenters. The van der Waals surface area contributed by atoms with Crippen LogP contribution in [0.3, 0.4) is 0 Å². The van der Waals surface area contributed by atoms with Gasteiger partial charge in [0.25, 0.3) is 0 Å². The number of hydrogen-bond acceptors (Lipinski definition) is 3. The summed E-state index contributed by atoms with van der Waals surface area (Å²) in [6.07, 6.45) is 0. The summed E-state index contributed by atoms with van der Waals surface area (Å²) in [6.45, 7) is 5.38. The lowest BCUT2D eigenvalue weighted by Crippen LogP contribution is -2.35. The molecule has 0 aromatic heterocycles. The minimum Gasteiger partial charge on any atom is -0.375 e. The van der Waals surface area contributed by atoms with Crippen molar-refractivity contribution in [3.8, 4) is 6.07 Å². The summed E-state index contributed by atoms with van der Waals surface area (Å²) in [5.74, 6) is 0.00358. The first-order chi connectivity index (χ1) is 8.62. The average Bonchev–Trinajstić information content (AvgIpc) is 2.38. The molecule has 0 fully saturated rings. The number of carbonyl (C=O) groups excluding carboxylic acids is 1. The van der Waals surface area contributed by atoms with E-state index in [9.17, 15) is 4.79 Å². The van der Waals surface area contributed by atoms with Gasteiger partial charge in [0.1, 0.15) is 6.07 Å². The van der Waals surface area contributed by atoms with Gasteiger partial charge in [0, 0.05) is 18.1 Å². The Morgan fingerprint density at radius 1 is 1.44 bits per heavy atom. The summed E-state index contributed by atoms with van der Waals surface area (Å²) in [7, 11) is 0. The number of likely N-dealkylation sites (N-methyl/N-ethyl adjacent to an activating group) is 1. The molecule has 4 nitrogen and oxygen atoms in total. The Balaban J connectivity index is 2.72. The average molecular weight is 266 g/mol. The summed E-state index contributed by atoms with van der Waals surface area (Å²) in [6, 6.07) is 6.99. The van der Waals surface area contributed by atoms with Gasteiger partial charge in [-0.05, 0) is 32.0 Å². The molecule has 0 aliphatic heterocycles. The topological polar surface area (TPSA) is 56.1 Å². The zero-order valence-electron chi connectivity index (χ0n) is 10.5. The van der Waals surface area contributed by atoms with Gasteiger partial charge in [-0.1, -0.05) is 11.6 Å². The van der Waals surface area contributed by atoms with E-state index in [0.717, 1.165) is 0 Å². The summed E-state index contributed by atoms with van der Waals surface area (Å²) in [4.78, 5) is 13.5. The molecule has 1 rings (SSSR count). The van der Waals surface area contributed by atoms with E-state index in [0.29, 0.717) is 29.4 Å². The molecule has 0 spiro atoms. The number of nitriles is 1. The summed E-state index contributed by atoms with van der Waals surface area (Å²) in [5, 5.41) is 12.4. The van der Waals surface area contributed by atoms with Crippen LogP contribution in [0.15, 0.2) is 18.2 Å². The normalized spacial score (nSPS) is 9.67. The fraction of sp³-hybridized carbons (Fsp3) is 0.385. The second kappa shape index (κ2) is 6.87. The number of nitrogens with one attached hydrogen (secondary N) is 1. The molecule has 18 heavy (non-hydrogen) atoms. The Kier molecular flexibility index (Phi) is 5.47. The smallest absolute Gasteiger partial charge is 0.241 e. The standard InChI is InChI=1S/C13H16ClN3O/c1-3-17(4-2)13(18)9-16-12-7-11(14)6-5-10(12)8-15/h5-7,16H,3-4,9H2,1-2H3. The van der Waals surface area contributed by atoms with E-state index < -0.39 is 0 Å². The van der Waals surface area contributed by atoms with Crippen LogP contribution in [-0.4, -0.2) is 30.4 Å². The Hall–Kier alpha value is -1.73. The lowest BCUT2D eigenvalue weighted by molar-refractivity contribution is -0.128. The molecule has 96 valence electrons. The minimum absolute atomic E-state index is 0.00358. The number of amides is 1. The number of halogens is 1. The van der Waals surface area contributed by atoms with Crippen LogP contribution in [0.4, 0.5) is 5.69 Å². The van der Waals surface area contributed by atoms with Crippen molar-refractivity contribution in [1.82, 2.24) is 4.90 Å². The van der Waals surface area contributed by atoms with Crippen molar-refractivity contribution < 1.29 is 4.79 Å². The molecule has 0 bridgehead atoms. The molecule has 0 aliphatic carbocycles. The van der Waals surface area contributed by atoms with Crippen molar-refractivity contribution >= 4 is 23.2 Å². The Labute approximate surface area is 112 Å². The molecule has 0 saturated carbocycles. The monoisotopic (exact) mass is 265 g/mol. The van der Waals surface area contributed by atoms with Gasteiger partial charge in [-0.15, -0.1) is 0 Å². The molecule has 0 heterocycles. The van der Waals surface area contributed by atoms with Crippen LogP contribution in [0.25, 0.3) is 0 Å². The van der Waals surface area contributed by atoms with E-state index in [1.165, 1.54) is 0 Å². The molecule has 1 amide bonds. The van der Waals surface area contributed by atoms with Gasteiger partial charge >= 0.3 is 0 Å². The fourth-order valence-electron chi connectivity index (χ4n) is 1.62. The predicted molar refractivity (Wildman–Crippen MR) is 72.6 cm³/mol. The van der Waals surface area contributed by atoms with Gasteiger partial charge in [-0.2, -0.15) is 5.26 Å². The van der Waals surface area contributed by atoms with Crippen LogP contribution in [0.1, 0.15) is 19.4 Å². The highest BCUT2D eigenvalue weighted by atomic mass is 35.5. The number of hydrogen-bond donors (Lipinski definition) is 1. The van der Waals surface area contributed by atoms with Crippen LogP contribution in [-0.2, 0) is 4.79 Å². The van der Waals surface area contributed by atoms with Gasteiger partial charge in [0.15, 0.2) is 0 Å². The molecular weight excluding hydrogens is 250 g/mol. The Morgan fingerprint density at radius 3 is 2.67 bits per heavy atom. The van der Waals surface area contributed by atoms with Crippen LogP contribution >= 0.6 is 11.6 Å². The maximum atomic E-state index is 11.8. The molecule has 1 aromatic carbocycles. The zero-order valence-corrected chi connectivity index (χ0v) is 11.3. The van der Waals surface area contributed by atoms with Crippen molar-refractivity contribution in [2.75, 3.05) is 25.0 Å². The van der Waals surface area contributed by atoms with Gasteiger partial charge in [0.05, 0.1) is 17.8 Å². The quantitative estimate of drug-likeness (QED) is 0.890. The molecule has 1 aromatic rings. The van der Waals surface area contributed by atoms with E-state index in [1.807, 2.05) is 13.8 Å². The predicted octanol–water partition coefficient (Wildman–Crippen LogP) is 2.49. The van der Waals surface area contributed by atoms with Crippen molar-refractivity contribution in [2.24, 2.45) is 0 Å². The lowest BCUT2D eigenvalue weighted by atomic mass is 10.2. The third-order valence-electron chi connectivity index (χ3n) is 2.65. The first-order valence-corrected chi connectivity index (χ1v) is 6.21. The first-order valence-electron chi connectivity index (χ1n) is 5.83. The van der Waals surface area contributed by atoms with Crippen molar-refractivity contribution in [3.05, 3.63) is 28.8 Å². The Morgan fingerprint density at radius 2 is 2.11 bits per heavy atom. The number of nitrogens with zero attached hydrogens (tertiary/aromatic N) is 2. The van der Waals surface area contributed by atoms with Gasteiger partial charge in [-0.25, -0.2) is 0 Å². The van der Waals surface area contributed by atoms with Gasteiger partial charge < -0.3 is 10.2 Å². The number of benzene rings is 1. The van der Waals surface area contributed by atoms with Gasteiger partial charge in [-0.3, -0.25) is 4.79 Å². The maximum Gasteiger partial charge on any atom is 0.241 e. The molecule has 0 unspecified atom stereocenters. The molecule has 0 radical (unpaired) electrons. The second-order valence-corrected chi connectivity index (χ2v) is 4.16. The highest BCUT2D eigenvalue weighted by molar-refractivity contribution is 6.30. The fourth-order valence-corrected chi connectivity index (χ4v) is 1.79. The summed E-state index contributed by atoms with van der Waals surface area (Å²) in [5.41, 5.74) is 1.07. The van der Waals surface area contributed by atoms with E-state index in [2.05, 4.69) is 11.4 Å². The van der Waals surface area contributed by atoms with Crippen molar-refractivity contribution in [2.45, 2.75) is 13.8 Å². The maximum absolute atomic E-state index is 11.8. The molecule has 0 saturated heterocycles. The number of anilines is 1. The highest BCUT2D eigenvalue weighted by Crippen LogP contribution is 2.20. The SMILES string of the molecule is CCN(CC)C(=O)CNc1cc(Cl)ccc1C#N. The minimum atomic E-state index is 0.00358. The van der Waals surface area contributed by atoms with E-state index in [1.54, 1.807) is 23.1 Å². The highest BCUT2D eigenvalue weighted by Gasteiger charge is 2.10. The third kappa shape index (κ3) is 3.64. The van der Waals surface area contributed by atoms with Crippen LogP contribution in [0, 0.1) is 11.3 Å². The first kappa shape index (κ1) is 14.3. The van der Waals surface area contributed by atoms with E-state index >= 15 is 0 Å². The van der Waals surface area contributed by atoms with Crippen molar-refractivity contribution in [1.29, 1.82) is 5.26 Å². The van der Waals surface area contributed by atoms with Crippen molar-refractivity contribution in [3.63, 3.8) is 0 Å². The van der Waals surface area contributed by atoms with Crippen LogP contribution < -0.4 is 5.32 Å². The number of carbonyl (C=O) groups is 1. The van der Waals surface area contributed by atoms with E-state index in [4.69, 9.17) is 16.9 Å². The second-order valence-electron chi connectivity index (χ2n) is 3.72. The largest absolute Gasteiger partial charge is 0.375 e. The lowest BCUT2D eigenvalue weighted by Gasteiger charge is -2.19. The van der Waals surface area contributed by atoms with Gasteiger partial charge in [0.2, 0.25) is 5.91 Å². The summed E-state index contributed by atoms with van der Waals surface area (Å²) >= 11 is 5.86. The number of rotatable bonds is 5. The molecule has 1 N–H and O–H groups in total. The van der Waals surface area contributed by atoms with Crippen LogP contribution in [0.5, 0.6) is 0 Å². The summed E-state index contributed by atoms with van der Waals surface area (Å²) < 4.78 is 0.